The fraction of sp³-hybridized carbons (Fsp3) is 0.273. The van der Waals surface area contributed by atoms with Gasteiger partial charge in [0, 0.05) is 11.9 Å². The molecule has 0 saturated heterocycles. The highest BCUT2D eigenvalue weighted by atomic mass is 32.2. The Morgan fingerprint density at radius 1 is 1.45 bits per heavy atom. The smallest absolute Gasteiger partial charge is 0.304 e. The molecule has 0 unspecified atom stereocenters. The van der Waals surface area contributed by atoms with Crippen molar-refractivity contribution in [3.63, 3.8) is 0 Å². The van der Waals surface area contributed by atoms with E-state index in [1.807, 2.05) is 12.3 Å². The van der Waals surface area contributed by atoms with Gasteiger partial charge in [0.05, 0.1) is 22.0 Å². The molecule has 0 aliphatic rings. The summed E-state index contributed by atoms with van der Waals surface area (Å²) >= 11 is 2.61. The lowest BCUT2D eigenvalue weighted by molar-refractivity contribution is -0.136. The number of carbonyl (C=O) groups is 1. The van der Waals surface area contributed by atoms with E-state index in [1.165, 1.54) is 17.4 Å². The van der Waals surface area contributed by atoms with Crippen molar-refractivity contribution < 1.29 is 18.3 Å². The number of hydrogen-bond donors (Lipinski definition) is 2. The normalized spacial score (nSPS) is 11.7. The summed E-state index contributed by atoms with van der Waals surface area (Å²) in [6, 6.07) is 3.20. The van der Waals surface area contributed by atoms with Crippen molar-refractivity contribution in [3.05, 3.63) is 22.5 Å². The molecule has 20 heavy (non-hydrogen) atoms. The van der Waals surface area contributed by atoms with E-state index >= 15 is 0 Å². The van der Waals surface area contributed by atoms with E-state index in [9.17, 15) is 13.2 Å². The Morgan fingerprint density at radius 2 is 2.20 bits per heavy atom. The van der Waals surface area contributed by atoms with Crippen molar-refractivity contribution in [1.82, 2.24) is 9.71 Å². The third-order valence-corrected chi connectivity index (χ3v) is 6.18. The molecule has 0 amide bonds. The Kier molecular flexibility index (Phi) is 4.53. The van der Waals surface area contributed by atoms with Crippen LogP contribution in [0, 0.1) is 6.92 Å². The fourth-order valence-electron chi connectivity index (χ4n) is 1.44. The van der Waals surface area contributed by atoms with E-state index in [4.69, 9.17) is 5.11 Å². The maximum atomic E-state index is 12.0. The molecule has 2 rings (SSSR count). The summed E-state index contributed by atoms with van der Waals surface area (Å²) in [6.07, 6.45) is -0.247. The minimum absolute atomic E-state index is 0.124. The van der Waals surface area contributed by atoms with Crippen LogP contribution in [0.15, 0.2) is 21.7 Å². The van der Waals surface area contributed by atoms with Crippen LogP contribution in [0.25, 0.3) is 10.6 Å². The summed E-state index contributed by atoms with van der Waals surface area (Å²) in [6.45, 7) is 1.76. The van der Waals surface area contributed by atoms with Gasteiger partial charge in [-0.3, -0.25) is 4.79 Å². The lowest BCUT2D eigenvalue weighted by Crippen LogP contribution is -2.25. The number of thiophene rings is 1. The molecule has 0 aliphatic heterocycles. The van der Waals surface area contributed by atoms with E-state index < -0.39 is 16.0 Å². The molecule has 0 saturated carbocycles. The first-order valence-corrected chi connectivity index (χ1v) is 8.80. The van der Waals surface area contributed by atoms with Gasteiger partial charge in [-0.05, 0) is 19.1 Å². The first-order valence-electron chi connectivity index (χ1n) is 5.62. The average molecular weight is 332 g/mol. The molecule has 2 heterocycles. The molecule has 9 heteroatoms. The number of nitrogens with zero attached hydrogens (tertiary/aromatic N) is 1. The number of thiazole rings is 1. The Balaban J connectivity index is 2.13. The highest BCUT2D eigenvalue weighted by molar-refractivity contribution is 7.91. The van der Waals surface area contributed by atoms with Gasteiger partial charge in [0.15, 0.2) is 0 Å². The van der Waals surface area contributed by atoms with E-state index in [0.717, 1.165) is 26.9 Å². The second-order valence-electron chi connectivity index (χ2n) is 3.91. The van der Waals surface area contributed by atoms with Crippen LogP contribution in [0.1, 0.15) is 11.4 Å². The number of aliphatic carboxylic acids is 1. The van der Waals surface area contributed by atoms with Crippen LogP contribution in [0.2, 0.25) is 0 Å². The number of aryl methyl sites for hydroxylation is 1. The molecule has 0 aliphatic carbocycles. The SMILES string of the molecule is Cc1nc(-c2ccc(S(=O)(=O)NCCC(=O)O)s2)cs1. The Hall–Kier alpha value is -1.29. The summed E-state index contributed by atoms with van der Waals surface area (Å²) in [7, 11) is -3.66. The topological polar surface area (TPSA) is 96.4 Å². The molecule has 0 spiro atoms. The average Bonchev–Trinajstić information content (AvgIpc) is 2.96. The monoisotopic (exact) mass is 332 g/mol. The zero-order chi connectivity index (χ0) is 14.8. The van der Waals surface area contributed by atoms with Crippen LogP contribution in [0.5, 0.6) is 0 Å². The highest BCUT2D eigenvalue weighted by Gasteiger charge is 2.18. The molecule has 0 fully saturated rings. The van der Waals surface area contributed by atoms with Gasteiger partial charge in [-0.1, -0.05) is 0 Å². The van der Waals surface area contributed by atoms with Crippen LogP contribution in [-0.4, -0.2) is 31.0 Å². The van der Waals surface area contributed by atoms with E-state index in [1.54, 1.807) is 6.07 Å². The van der Waals surface area contributed by atoms with Gasteiger partial charge in [-0.15, -0.1) is 22.7 Å². The predicted molar refractivity (Wildman–Crippen MR) is 77.6 cm³/mol. The van der Waals surface area contributed by atoms with Crippen LogP contribution < -0.4 is 4.72 Å². The van der Waals surface area contributed by atoms with Crippen LogP contribution >= 0.6 is 22.7 Å². The van der Waals surface area contributed by atoms with Gasteiger partial charge in [-0.2, -0.15) is 0 Å². The summed E-state index contributed by atoms with van der Waals surface area (Å²) in [5, 5.41) is 11.3. The number of carboxylic acid groups (broad SMARTS) is 1. The van der Waals surface area contributed by atoms with Gasteiger partial charge < -0.3 is 5.11 Å². The number of sulfonamides is 1. The molecule has 0 aromatic carbocycles. The minimum Gasteiger partial charge on any atom is -0.481 e. The largest absolute Gasteiger partial charge is 0.481 e. The Labute approximate surface area is 124 Å². The van der Waals surface area contributed by atoms with Gasteiger partial charge in [-0.25, -0.2) is 18.1 Å². The summed E-state index contributed by atoms with van der Waals surface area (Å²) in [5.41, 5.74) is 0.754. The summed E-state index contributed by atoms with van der Waals surface area (Å²) in [4.78, 5) is 15.4. The zero-order valence-electron chi connectivity index (χ0n) is 10.5. The molecule has 2 N–H and O–H groups in total. The molecule has 2 aromatic rings. The quantitative estimate of drug-likeness (QED) is 0.842. The first-order chi connectivity index (χ1) is 9.38. The Bertz CT molecular complexity index is 718. The van der Waals surface area contributed by atoms with Gasteiger partial charge in [0.1, 0.15) is 4.21 Å². The van der Waals surface area contributed by atoms with Gasteiger partial charge in [0.2, 0.25) is 10.0 Å². The van der Waals surface area contributed by atoms with Gasteiger partial charge >= 0.3 is 5.97 Å². The van der Waals surface area contributed by atoms with E-state index in [0.29, 0.717) is 0 Å². The molecule has 108 valence electrons. The third kappa shape index (κ3) is 3.63. The third-order valence-electron chi connectivity index (χ3n) is 2.35. The molecule has 6 nitrogen and oxygen atoms in total. The number of nitrogens with one attached hydrogen (secondary N) is 1. The minimum atomic E-state index is -3.66. The maximum absolute atomic E-state index is 12.0. The number of aromatic nitrogens is 1. The molecule has 0 atom stereocenters. The van der Waals surface area contributed by atoms with Crippen molar-refractivity contribution in [2.45, 2.75) is 17.6 Å². The van der Waals surface area contributed by atoms with E-state index in [-0.39, 0.29) is 17.2 Å². The lowest BCUT2D eigenvalue weighted by atomic mass is 10.4. The van der Waals surface area contributed by atoms with Gasteiger partial charge in [0.25, 0.3) is 0 Å². The summed E-state index contributed by atoms with van der Waals surface area (Å²) in [5.74, 6) is -1.04. The molecule has 2 aromatic heterocycles. The number of rotatable bonds is 6. The van der Waals surface area contributed by atoms with Crippen molar-refractivity contribution in [1.29, 1.82) is 0 Å². The van der Waals surface area contributed by atoms with Crippen molar-refractivity contribution >= 4 is 38.7 Å². The van der Waals surface area contributed by atoms with Crippen LogP contribution in [0.3, 0.4) is 0 Å². The highest BCUT2D eigenvalue weighted by Crippen LogP contribution is 2.31. The zero-order valence-corrected chi connectivity index (χ0v) is 12.9. The van der Waals surface area contributed by atoms with Crippen molar-refractivity contribution in [3.8, 4) is 10.6 Å². The number of carboxylic acids is 1. The van der Waals surface area contributed by atoms with Crippen molar-refractivity contribution in [2.24, 2.45) is 0 Å². The number of hydrogen-bond acceptors (Lipinski definition) is 6. The Morgan fingerprint density at radius 3 is 2.80 bits per heavy atom. The predicted octanol–water partition coefficient (Wildman–Crippen LogP) is 1.93. The van der Waals surface area contributed by atoms with Crippen LogP contribution in [-0.2, 0) is 14.8 Å². The fourth-order valence-corrected chi connectivity index (χ4v) is 4.47. The molecule has 0 radical (unpaired) electrons. The molecular formula is C11H12N2O4S3. The molecule has 0 bridgehead atoms. The van der Waals surface area contributed by atoms with E-state index in [2.05, 4.69) is 9.71 Å². The van der Waals surface area contributed by atoms with Crippen LogP contribution in [0.4, 0.5) is 0 Å². The standard InChI is InChI=1S/C11H12N2O4S3/c1-7-13-8(6-18-7)9-2-3-11(19-9)20(16,17)12-5-4-10(14)15/h2-3,6,12H,4-5H2,1H3,(H,14,15). The summed E-state index contributed by atoms with van der Waals surface area (Å²) < 4.78 is 26.3. The lowest BCUT2D eigenvalue weighted by Gasteiger charge is -2.02. The maximum Gasteiger partial charge on any atom is 0.304 e. The second-order valence-corrected chi connectivity index (χ2v) is 8.05. The second kappa shape index (κ2) is 6.00. The first kappa shape index (κ1) is 15.1. The van der Waals surface area contributed by atoms with Crippen molar-refractivity contribution in [2.75, 3.05) is 6.54 Å². The molecular weight excluding hydrogens is 320 g/mol.